The molecule has 0 bridgehead atoms. The van der Waals surface area contributed by atoms with Crippen LogP contribution in [0, 0.1) is 0 Å². The summed E-state index contributed by atoms with van der Waals surface area (Å²) in [6.07, 6.45) is 2.13. The van der Waals surface area contributed by atoms with Gasteiger partial charge in [-0.2, -0.15) is 0 Å². The van der Waals surface area contributed by atoms with Crippen molar-refractivity contribution in [3.8, 4) is 5.88 Å². The molecule has 32 heavy (non-hydrogen) atoms. The van der Waals surface area contributed by atoms with Gasteiger partial charge in [0.1, 0.15) is 5.60 Å². The highest BCUT2D eigenvalue weighted by atomic mass is 16.6. The lowest BCUT2D eigenvalue weighted by Gasteiger charge is -2.36. The first-order chi connectivity index (χ1) is 15.3. The molecule has 2 atom stereocenters. The molecule has 1 aromatic carbocycles. The van der Waals surface area contributed by atoms with E-state index in [0.717, 1.165) is 17.5 Å². The Morgan fingerprint density at radius 2 is 1.94 bits per heavy atom. The van der Waals surface area contributed by atoms with Crippen LogP contribution in [0.25, 0.3) is 0 Å². The van der Waals surface area contributed by atoms with Crippen molar-refractivity contribution < 1.29 is 24.1 Å². The van der Waals surface area contributed by atoms with Crippen molar-refractivity contribution in [3.05, 3.63) is 59.8 Å². The maximum Gasteiger partial charge on any atom is 0.410 e. The number of hydrogen-bond acceptors (Lipinski definition) is 6. The maximum absolute atomic E-state index is 12.2. The lowest BCUT2D eigenvalue weighted by Crippen LogP contribution is -2.47. The molecule has 174 valence electrons. The number of rotatable bonds is 8. The summed E-state index contributed by atoms with van der Waals surface area (Å²) in [5.74, 6) is 0.485. The van der Waals surface area contributed by atoms with Crippen LogP contribution in [0.3, 0.4) is 0 Å². The molecule has 1 amide bonds. The Hall–Kier alpha value is -2.64. The molecule has 1 N–H and O–H groups in total. The number of aliphatic hydroxyl groups excluding tert-OH is 1. The number of pyridine rings is 1. The van der Waals surface area contributed by atoms with E-state index in [9.17, 15) is 9.90 Å². The fraction of sp³-hybridized carbons (Fsp3) is 0.520. The summed E-state index contributed by atoms with van der Waals surface area (Å²) < 4.78 is 16.8. The molecule has 0 spiro atoms. The van der Waals surface area contributed by atoms with E-state index in [1.807, 2.05) is 63.2 Å². The number of carbonyl (C=O) groups is 1. The SMILES string of the molecule is CC(C)(C)OC(=O)N1CCC(c2ccc(OCCCOCc3ccccc3)nc2)C(O)C1. The Morgan fingerprint density at radius 1 is 1.16 bits per heavy atom. The third-order valence-corrected chi connectivity index (χ3v) is 5.22. The number of β-amino-alcohol motifs (C(OH)–C–C–N with tert-alkyl or cyclic N) is 1. The molecule has 2 unspecified atom stereocenters. The molecule has 1 aromatic heterocycles. The molecule has 0 saturated carbocycles. The summed E-state index contributed by atoms with van der Waals surface area (Å²) in [5.41, 5.74) is 1.55. The van der Waals surface area contributed by atoms with E-state index in [1.54, 1.807) is 11.1 Å². The Labute approximate surface area is 190 Å². The number of likely N-dealkylation sites (tertiary alicyclic amines) is 1. The van der Waals surface area contributed by atoms with Gasteiger partial charge in [0.15, 0.2) is 0 Å². The number of piperidine rings is 1. The van der Waals surface area contributed by atoms with E-state index in [-0.39, 0.29) is 18.6 Å². The van der Waals surface area contributed by atoms with E-state index in [2.05, 4.69) is 4.98 Å². The lowest BCUT2D eigenvalue weighted by atomic mass is 9.88. The smallest absolute Gasteiger partial charge is 0.410 e. The van der Waals surface area contributed by atoms with Gasteiger partial charge in [-0.3, -0.25) is 0 Å². The van der Waals surface area contributed by atoms with Crippen molar-refractivity contribution in [2.24, 2.45) is 0 Å². The summed E-state index contributed by atoms with van der Waals surface area (Å²) in [7, 11) is 0. The normalized spacial score (nSPS) is 18.9. The van der Waals surface area contributed by atoms with E-state index >= 15 is 0 Å². The van der Waals surface area contributed by atoms with E-state index in [4.69, 9.17) is 14.2 Å². The zero-order valence-electron chi connectivity index (χ0n) is 19.2. The monoisotopic (exact) mass is 442 g/mol. The minimum absolute atomic E-state index is 0.0679. The van der Waals surface area contributed by atoms with Crippen molar-refractivity contribution in [3.63, 3.8) is 0 Å². The molecular weight excluding hydrogens is 408 g/mol. The average molecular weight is 443 g/mol. The Kier molecular flexibility index (Phi) is 8.47. The first-order valence-electron chi connectivity index (χ1n) is 11.2. The zero-order valence-corrected chi connectivity index (χ0v) is 19.2. The van der Waals surface area contributed by atoms with E-state index in [1.165, 1.54) is 0 Å². The van der Waals surface area contributed by atoms with Crippen molar-refractivity contribution in [1.29, 1.82) is 0 Å². The molecule has 7 nitrogen and oxygen atoms in total. The first kappa shape index (κ1) is 24.0. The van der Waals surface area contributed by atoms with E-state index < -0.39 is 11.7 Å². The second-order valence-electron chi connectivity index (χ2n) is 9.06. The summed E-state index contributed by atoms with van der Waals surface area (Å²) in [6, 6.07) is 13.8. The molecular formula is C25H34N2O5. The number of aromatic nitrogens is 1. The van der Waals surface area contributed by atoms with Gasteiger partial charge in [-0.15, -0.1) is 0 Å². The van der Waals surface area contributed by atoms with Crippen LogP contribution in [0.4, 0.5) is 4.79 Å². The van der Waals surface area contributed by atoms with Gasteiger partial charge >= 0.3 is 6.09 Å². The summed E-state index contributed by atoms with van der Waals surface area (Å²) in [4.78, 5) is 18.2. The minimum atomic E-state index is -0.661. The van der Waals surface area contributed by atoms with Crippen LogP contribution < -0.4 is 4.74 Å². The summed E-state index contributed by atoms with van der Waals surface area (Å²) >= 11 is 0. The Balaban J connectivity index is 1.38. The predicted molar refractivity (Wildman–Crippen MR) is 122 cm³/mol. The number of hydrogen-bond donors (Lipinski definition) is 1. The number of amides is 1. The van der Waals surface area contributed by atoms with Crippen molar-refractivity contribution in [2.45, 2.75) is 57.8 Å². The third kappa shape index (κ3) is 7.50. The molecule has 2 heterocycles. The standard InChI is InChI=1S/C25H34N2O5/c1-25(2,3)32-24(29)27-13-12-21(22(28)17-27)20-10-11-23(26-16-20)31-15-7-14-30-18-19-8-5-4-6-9-19/h4-6,8-11,16,21-22,28H,7,12-15,17-18H2,1-3H3. The van der Waals surface area contributed by atoms with Crippen LogP contribution in [0.15, 0.2) is 48.7 Å². The number of nitrogens with zero attached hydrogens (tertiary/aromatic N) is 2. The summed E-state index contributed by atoms with van der Waals surface area (Å²) in [6.45, 7) is 8.04. The van der Waals surface area contributed by atoms with E-state index in [0.29, 0.717) is 38.7 Å². The third-order valence-electron chi connectivity index (χ3n) is 5.22. The predicted octanol–water partition coefficient (Wildman–Crippen LogP) is 4.15. The van der Waals surface area contributed by atoms with Crippen LogP contribution in [0.5, 0.6) is 5.88 Å². The Morgan fingerprint density at radius 3 is 2.59 bits per heavy atom. The van der Waals surface area contributed by atoms with Gasteiger partial charge in [0, 0.05) is 31.1 Å². The second kappa shape index (κ2) is 11.3. The number of benzene rings is 1. The van der Waals surface area contributed by atoms with Crippen LogP contribution in [-0.4, -0.2) is 59.1 Å². The summed E-state index contributed by atoms with van der Waals surface area (Å²) in [5, 5.41) is 10.6. The molecule has 2 aromatic rings. The minimum Gasteiger partial charge on any atom is -0.478 e. The van der Waals surface area contributed by atoms with Crippen LogP contribution >= 0.6 is 0 Å². The van der Waals surface area contributed by atoms with Gasteiger partial charge in [0.25, 0.3) is 0 Å². The maximum atomic E-state index is 12.2. The largest absolute Gasteiger partial charge is 0.478 e. The molecule has 1 saturated heterocycles. The van der Waals surface area contributed by atoms with Crippen molar-refractivity contribution in [2.75, 3.05) is 26.3 Å². The van der Waals surface area contributed by atoms with Crippen LogP contribution in [-0.2, 0) is 16.1 Å². The first-order valence-corrected chi connectivity index (χ1v) is 11.2. The lowest BCUT2D eigenvalue weighted by molar-refractivity contribution is -0.00155. The molecule has 1 aliphatic heterocycles. The molecule has 3 rings (SSSR count). The highest BCUT2D eigenvalue weighted by molar-refractivity contribution is 5.68. The quantitative estimate of drug-likeness (QED) is 0.619. The zero-order chi connectivity index (χ0) is 23.0. The highest BCUT2D eigenvalue weighted by Crippen LogP contribution is 2.29. The van der Waals surface area contributed by atoms with Crippen molar-refractivity contribution >= 4 is 6.09 Å². The fourth-order valence-corrected chi connectivity index (χ4v) is 3.61. The van der Waals surface area contributed by atoms with Gasteiger partial charge in [-0.25, -0.2) is 9.78 Å². The molecule has 1 aliphatic rings. The van der Waals surface area contributed by atoms with Gasteiger partial charge in [-0.05, 0) is 38.3 Å². The van der Waals surface area contributed by atoms with Crippen molar-refractivity contribution in [1.82, 2.24) is 9.88 Å². The molecule has 7 heteroatoms. The average Bonchev–Trinajstić information content (AvgIpc) is 2.76. The molecule has 1 fully saturated rings. The Bertz CT molecular complexity index is 836. The van der Waals surface area contributed by atoms with Crippen LogP contribution in [0.1, 0.15) is 50.7 Å². The topological polar surface area (TPSA) is 81.1 Å². The number of aliphatic hydroxyl groups is 1. The van der Waals surface area contributed by atoms with Gasteiger partial charge < -0.3 is 24.2 Å². The van der Waals surface area contributed by atoms with Crippen LogP contribution in [0.2, 0.25) is 0 Å². The molecule has 0 aliphatic carbocycles. The second-order valence-corrected chi connectivity index (χ2v) is 9.06. The number of ether oxygens (including phenoxy) is 3. The number of carbonyl (C=O) groups excluding carboxylic acids is 1. The fourth-order valence-electron chi connectivity index (χ4n) is 3.61. The molecule has 0 radical (unpaired) electrons. The van der Waals surface area contributed by atoms with Gasteiger partial charge in [0.05, 0.1) is 32.5 Å². The highest BCUT2D eigenvalue weighted by Gasteiger charge is 2.33. The van der Waals surface area contributed by atoms with Gasteiger partial charge in [0.2, 0.25) is 5.88 Å². The van der Waals surface area contributed by atoms with Gasteiger partial charge in [-0.1, -0.05) is 36.4 Å².